The summed E-state index contributed by atoms with van der Waals surface area (Å²) < 4.78 is 5.68. The summed E-state index contributed by atoms with van der Waals surface area (Å²) >= 11 is 1.39. The van der Waals surface area contributed by atoms with Gasteiger partial charge < -0.3 is 5.73 Å². The van der Waals surface area contributed by atoms with Gasteiger partial charge in [-0.3, -0.25) is 8.98 Å². The Kier molecular flexibility index (Phi) is 4.93. The molecule has 2 N–H and O–H groups in total. The molecule has 1 fully saturated rings. The van der Waals surface area contributed by atoms with Gasteiger partial charge in [0.1, 0.15) is 0 Å². The molecular weight excluding hydrogens is 210 g/mol. The normalized spacial score (nSPS) is 20.5. The summed E-state index contributed by atoms with van der Waals surface area (Å²) in [6, 6.07) is 0. The molecule has 0 unspecified atom stereocenters. The topological polar surface area (TPSA) is 52.3 Å². The van der Waals surface area contributed by atoms with E-state index in [0.29, 0.717) is 5.92 Å². The molecule has 1 saturated carbocycles. The number of carbonyl (C=O) groups excluding carboxylic acids is 1. The third kappa shape index (κ3) is 3.68. The van der Waals surface area contributed by atoms with Crippen LogP contribution in [0.3, 0.4) is 0 Å². The Morgan fingerprint density at radius 2 is 2.00 bits per heavy atom. The van der Waals surface area contributed by atoms with E-state index >= 15 is 0 Å². The van der Waals surface area contributed by atoms with Crippen molar-refractivity contribution in [2.45, 2.75) is 51.6 Å². The molecule has 0 spiro atoms. The van der Waals surface area contributed by atoms with Crippen molar-refractivity contribution in [2.24, 2.45) is 11.7 Å². The predicted octanol–water partition coefficient (Wildman–Crippen LogP) is 2.50. The lowest BCUT2D eigenvalue weighted by Gasteiger charge is -2.33. The number of rotatable bonds is 5. The first-order chi connectivity index (χ1) is 7.07. The van der Waals surface area contributed by atoms with Gasteiger partial charge in [-0.15, -0.1) is 0 Å². The highest BCUT2D eigenvalue weighted by Crippen LogP contribution is 2.34. The van der Waals surface area contributed by atoms with Gasteiger partial charge in [0.2, 0.25) is 0 Å². The second-order valence-corrected chi connectivity index (χ2v) is 5.42. The first-order valence-corrected chi connectivity index (χ1v) is 6.58. The van der Waals surface area contributed by atoms with E-state index in [2.05, 4.69) is 13.8 Å². The SMILES string of the molecule is CC(C)CSOC1(C(N)=O)CCCCC1. The Morgan fingerprint density at radius 1 is 1.40 bits per heavy atom. The number of hydrogen-bond acceptors (Lipinski definition) is 3. The summed E-state index contributed by atoms with van der Waals surface area (Å²) in [4.78, 5) is 11.4. The van der Waals surface area contributed by atoms with Crippen LogP contribution in [0.5, 0.6) is 0 Å². The smallest absolute Gasteiger partial charge is 0.251 e. The zero-order valence-electron chi connectivity index (χ0n) is 9.62. The van der Waals surface area contributed by atoms with E-state index < -0.39 is 5.60 Å². The Labute approximate surface area is 96.3 Å². The summed E-state index contributed by atoms with van der Waals surface area (Å²) in [7, 11) is 0. The average molecular weight is 231 g/mol. The number of carbonyl (C=O) groups is 1. The van der Waals surface area contributed by atoms with Crippen LogP contribution in [-0.4, -0.2) is 17.3 Å². The van der Waals surface area contributed by atoms with Gasteiger partial charge in [0.15, 0.2) is 5.60 Å². The number of hydrogen-bond donors (Lipinski definition) is 1. The fraction of sp³-hybridized carbons (Fsp3) is 0.909. The largest absolute Gasteiger partial charge is 0.367 e. The summed E-state index contributed by atoms with van der Waals surface area (Å²) in [5.41, 5.74) is 4.76. The van der Waals surface area contributed by atoms with Crippen LogP contribution in [0.15, 0.2) is 0 Å². The second kappa shape index (κ2) is 5.75. The minimum absolute atomic E-state index is 0.293. The second-order valence-electron chi connectivity index (χ2n) is 4.68. The van der Waals surface area contributed by atoms with Gasteiger partial charge in [-0.05, 0) is 43.6 Å². The molecule has 0 aliphatic heterocycles. The molecule has 1 aliphatic rings. The molecule has 3 nitrogen and oxygen atoms in total. The lowest BCUT2D eigenvalue weighted by Crippen LogP contribution is -2.46. The lowest BCUT2D eigenvalue weighted by molar-refractivity contribution is -0.134. The Morgan fingerprint density at radius 3 is 2.47 bits per heavy atom. The van der Waals surface area contributed by atoms with Crippen molar-refractivity contribution in [1.82, 2.24) is 0 Å². The molecule has 0 bridgehead atoms. The highest BCUT2D eigenvalue weighted by atomic mass is 32.2. The van der Waals surface area contributed by atoms with Crippen LogP contribution in [0.1, 0.15) is 46.0 Å². The van der Waals surface area contributed by atoms with Crippen molar-refractivity contribution in [1.29, 1.82) is 0 Å². The number of primary amides is 1. The van der Waals surface area contributed by atoms with Gasteiger partial charge in [-0.2, -0.15) is 0 Å². The molecule has 15 heavy (non-hydrogen) atoms. The summed E-state index contributed by atoms with van der Waals surface area (Å²) in [5.74, 6) is 1.19. The summed E-state index contributed by atoms with van der Waals surface area (Å²) in [6.07, 6.45) is 4.85. The molecule has 0 saturated heterocycles. The maximum Gasteiger partial charge on any atom is 0.251 e. The minimum atomic E-state index is -0.683. The van der Waals surface area contributed by atoms with Crippen LogP contribution >= 0.6 is 12.0 Å². The van der Waals surface area contributed by atoms with E-state index in [1.165, 1.54) is 18.5 Å². The predicted molar refractivity (Wildman–Crippen MR) is 63.4 cm³/mol. The molecule has 1 rings (SSSR count). The Balaban J connectivity index is 2.46. The molecule has 0 aromatic carbocycles. The monoisotopic (exact) mass is 231 g/mol. The van der Waals surface area contributed by atoms with Crippen LogP contribution in [0.4, 0.5) is 0 Å². The average Bonchev–Trinajstić information content (AvgIpc) is 2.18. The molecule has 4 heteroatoms. The number of nitrogens with two attached hydrogens (primary N) is 1. The Hall–Kier alpha value is -0.220. The van der Waals surface area contributed by atoms with Gasteiger partial charge in [0.05, 0.1) is 0 Å². The van der Waals surface area contributed by atoms with Gasteiger partial charge in [-0.1, -0.05) is 20.3 Å². The van der Waals surface area contributed by atoms with Crippen LogP contribution < -0.4 is 5.73 Å². The van der Waals surface area contributed by atoms with Crippen molar-refractivity contribution < 1.29 is 8.98 Å². The van der Waals surface area contributed by atoms with Crippen molar-refractivity contribution in [2.75, 3.05) is 5.75 Å². The fourth-order valence-electron chi connectivity index (χ4n) is 1.78. The number of amides is 1. The van der Waals surface area contributed by atoms with Crippen molar-refractivity contribution in [3.05, 3.63) is 0 Å². The summed E-state index contributed by atoms with van der Waals surface area (Å²) in [6.45, 7) is 4.27. The molecule has 0 radical (unpaired) electrons. The summed E-state index contributed by atoms with van der Waals surface area (Å²) in [5, 5.41) is 0. The first kappa shape index (κ1) is 12.8. The van der Waals surface area contributed by atoms with E-state index in [-0.39, 0.29) is 5.91 Å². The first-order valence-electron chi connectivity index (χ1n) is 5.67. The van der Waals surface area contributed by atoms with E-state index in [0.717, 1.165) is 31.4 Å². The fourth-order valence-corrected chi connectivity index (χ4v) is 2.59. The third-order valence-electron chi connectivity index (χ3n) is 2.73. The zero-order valence-corrected chi connectivity index (χ0v) is 10.4. The third-order valence-corrected chi connectivity index (χ3v) is 3.97. The van der Waals surface area contributed by atoms with Crippen molar-refractivity contribution >= 4 is 17.9 Å². The molecule has 1 amide bonds. The van der Waals surface area contributed by atoms with Gasteiger partial charge in [0.25, 0.3) is 5.91 Å². The van der Waals surface area contributed by atoms with Crippen LogP contribution in [0, 0.1) is 5.92 Å². The van der Waals surface area contributed by atoms with E-state index in [1.807, 2.05) is 0 Å². The molecule has 88 valence electrons. The maximum atomic E-state index is 11.4. The lowest BCUT2D eigenvalue weighted by atomic mass is 9.84. The molecule has 0 atom stereocenters. The molecule has 0 heterocycles. The van der Waals surface area contributed by atoms with Crippen molar-refractivity contribution in [3.63, 3.8) is 0 Å². The van der Waals surface area contributed by atoms with E-state index in [9.17, 15) is 4.79 Å². The van der Waals surface area contributed by atoms with Gasteiger partial charge in [-0.25, -0.2) is 0 Å². The van der Waals surface area contributed by atoms with Gasteiger partial charge >= 0.3 is 0 Å². The Bertz CT molecular complexity index is 213. The molecule has 0 aromatic heterocycles. The standard InChI is InChI=1S/C11H21NO2S/c1-9(2)8-15-14-11(10(12)13)6-4-3-5-7-11/h9H,3-8H2,1-2H3,(H2,12,13). The van der Waals surface area contributed by atoms with Gasteiger partial charge in [0, 0.05) is 5.75 Å². The van der Waals surface area contributed by atoms with Crippen LogP contribution in [0.25, 0.3) is 0 Å². The molecule has 1 aliphatic carbocycles. The van der Waals surface area contributed by atoms with E-state index in [1.54, 1.807) is 0 Å². The van der Waals surface area contributed by atoms with Crippen molar-refractivity contribution in [3.8, 4) is 0 Å². The highest BCUT2D eigenvalue weighted by molar-refractivity contribution is 7.94. The highest BCUT2D eigenvalue weighted by Gasteiger charge is 2.39. The molecule has 0 aromatic rings. The quantitative estimate of drug-likeness (QED) is 0.740. The molecular formula is C11H21NO2S. The van der Waals surface area contributed by atoms with Crippen LogP contribution in [-0.2, 0) is 8.98 Å². The zero-order chi connectivity index (χ0) is 11.3. The van der Waals surface area contributed by atoms with Crippen LogP contribution in [0.2, 0.25) is 0 Å². The van der Waals surface area contributed by atoms with E-state index in [4.69, 9.17) is 9.92 Å². The minimum Gasteiger partial charge on any atom is -0.367 e. The maximum absolute atomic E-state index is 11.4.